The van der Waals surface area contributed by atoms with Crippen LogP contribution in [0.5, 0.6) is 0 Å². The smallest absolute Gasteiger partial charge is 0.296 e. The highest BCUT2D eigenvalue weighted by Gasteiger charge is 2.46. The van der Waals surface area contributed by atoms with Gasteiger partial charge in [-0.05, 0) is 53.9 Å². The standard InChI is InChI=1S/C24H20ClNO4/c1-2-15-5-7-16(8-6-15)21-20(22(27)17-9-11-18(25)12-10-17)23(28)24(29)26(21)14-19-4-3-13-30-19/h3-13,21,27H,2,14H2,1H3. The first-order chi connectivity index (χ1) is 14.5. The van der Waals surface area contributed by atoms with Crippen molar-refractivity contribution < 1.29 is 19.1 Å². The van der Waals surface area contributed by atoms with Crippen LogP contribution in [0.4, 0.5) is 0 Å². The molecule has 1 fully saturated rings. The van der Waals surface area contributed by atoms with E-state index in [9.17, 15) is 14.7 Å². The first-order valence-electron chi connectivity index (χ1n) is 9.65. The average Bonchev–Trinajstić information content (AvgIpc) is 3.36. The third-order valence-corrected chi connectivity index (χ3v) is 5.52. The lowest BCUT2D eigenvalue weighted by molar-refractivity contribution is -0.140. The highest BCUT2D eigenvalue weighted by molar-refractivity contribution is 6.46. The number of aliphatic hydroxyl groups excluding tert-OH is 1. The number of aryl methyl sites for hydroxylation is 1. The molecule has 1 atom stereocenters. The molecule has 30 heavy (non-hydrogen) atoms. The second kappa shape index (κ2) is 8.20. The third-order valence-electron chi connectivity index (χ3n) is 5.27. The zero-order valence-corrected chi connectivity index (χ0v) is 17.1. The fourth-order valence-electron chi connectivity index (χ4n) is 3.66. The van der Waals surface area contributed by atoms with Gasteiger partial charge in [-0.3, -0.25) is 9.59 Å². The first-order valence-corrected chi connectivity index (χ1v) is 10.0. The fraction of sp³-hybridized carbons (Fsp3) is 0.167. The van der Waals surface area contributed by atoms with E-state index in [-0.39, 0.29) is 17.9 Å². The van der Waals surface area contributed by atoms with Crippen molar-refractivity contribution in [2.75, 3.05) is 0 Å². The molecule has 152 valence electrons. The molecule has 1 amide bonds. The lowest BCUT2D eigenvalue weighted by atomic mass is 9.94. The Labute approximate surface area is 179 Å². The number of carbonyl (C=O) groups excluding carboxylic acids is 2. The number of amides is 1. The molecule has 0 radical (unpaired) electrons. The molecule has 0 saturated carbocycles. The summed E-state index contributed by atoms with van der Waals surface area (Å²) < 4.78 is 5.39. The third kappa shape index (κ3) is 3.64. The molecule has 3 aromatic rings. The summed E-state index contributed by atoms with van der Waals surface area (Å²) in [5.41, 5.74) is 2.36. The number of hydrogen-bond acceptors (Lipinski definition) is 4. The molecule has 0 spiro atoms. The zero-order valence-electron chi connectivity index (χ0n) is 16.3. The summed E-state index contributed by atoms with van der Waals surface area (Å²) in [6.45, 7) is 2.17. The normalized spacial score (nSPS) is 18.2. The number of rotatable bonds is 5. The van der Waals surface area contributed by atoms with Gasteiger partial charge in [0.05, 0.1) is 24.4 Å². The summed E-state index contributed by atoms with van der Waals surface area (Å²) >= 11 is 5.95. The van der Waals surface area contributed by atoms with E-state index in [0.29, 0.717) is 16.3 Å². The average molecular weight is 422 g/mol. The Morgan fingerprint density at radius 2 is 1.77 bits per heavy atom. The molecule has 4 rings (SSSR count). The Kier molecular flexibility index (Phi) is 5.46. The molecule has 2 heterocycles. The van der Waals surface area contributed by atoms with Crippen LogP contribution in [0.25, 0.3) is 5.76 Å². The zero-order chi connectivity index (χ0) is 21.3. The van der Waals surface area contributed by atoms with Crippen molar-refractivity contribution in [2.24, 2.45) is 0 Å². The van der Waals surface area contributed by atoms with E-state index in [2.05, 4.69) is 6.92 Å². The van der Waals surface area contributed by atoms with Gasteiger partial charge in [0.1, 0.15) is 11.5 Å². The molecule has 5 nitrogen and oxygen atoms in total. The van der Waals surface area contributed by atoms with Gasteiger partial charge < -0.3 is 14.4 Å². The van der Waals surface area contributed by atoms with Crippen molar-refractivity contribution in [3.05, 3.63) is 100.0 Å². The maximum atomic E-state index is 13.0. The molecule has 1 aromatic heterocycles. The van der Waals surface area contributed by atoms with E-state index < -0.39 is 17.7 Å². The molecule has 1 saturated heterocycles. The van der Waals surface area contributed by atoms with Crippen LogP contribution in [0.3, 0.4) is 0 Å². The summed E-state index contributed by atoms with van der Waals surface area (Å²) in [4.78, 5) is 27.3. The number of ketones is 1. The summed E-state index contributed by atoms with van der Waals surface area (Å²) in [7, 11) is 0. The number of furan rings is 1. The largest absolute Gasteiger partial charge is 0.507 e. The van der Waals surface area contributed by atoms with Gasteiger partial charge in [-0.1, -0.05) is 42.8 Å². The summed E-state index contributed by atoms with van der Waals surface area (Å²) in [6, 6.07) is 16.9. The second-order valence-corrected chi connectivity index (χ2v) is 7.54. The molecular formula is C24H20ClNO4. The number of likely N-dealkylation sites (tertiary alicyclic amines) is 1. The van der Waals surface area contributed by atoms with E-state index in [1.54, 1.807) is 36.4 Å². The van der Waals surface area contributed by atoms with Crippen LogP contribution in [-0.2, 0) is 22.6 Å². The maximum absolute atomic E-state index is 13.0. The number of aliphatic hydroxyl groups is 1. The number of Topliss-reactive ketones (excluding diaryl/α,β-unsaturated/α-hetero) is 1. The van der Waals surface area contributed by atoms with E-state index in [0.717, 1.165) is 17.5 Å². The molecule has 0 aliphatic carbocycles. The van der Waals surface area contributed by atoms with Crippen LogP contribution >= 0.6 is 11.6 Å². The van der Waals surface area contributed by atoms with Crippen molar-refractivity contribution in [1.29, 1.82) is 0 Å². The van der Waals surface area contributed by atoms with E-state index >= 15 is 0 Å². The minimum absolute atomic E-state index is 0.0538. The fourth-order valence-corrected chi connectivity index (χ4v) is 3.78. The Morgan fingerprint density at radius 1 is 1.07 bits per heavy atom. The summed E-state index contributed by atoms with van der Waals surface area (Å²) in [5.74, 6) is -1.07. The van der Waals surface area contributed by atoms with Crippen molar-refractivity contribution >= 4 is 29.1 Å². The highest BCUT2D eigenvalue weighted by Crippen LogP contribution is 2.40. The van der Waals surface area contributed by atoms with Gasteiger partial charge in [0, 0.05) is 10.6 Å². The molecular weight excluding hydrogens is 402 g/mol. The van der Waals surface area contributed by atoms with Crippen LogP contribution in [0, 0.1) is 0 Å². The topological polar surface area (TPSA) is 70.8 Å². The van der Waals surface area contributed by atoms with Crippen LogP contribution in [0.15, 0.2) is 76.9 Å². The first kappa shape index (κ1) is 20.0. The van der Waals surface area contributed by atoms with E-state index in [1.165, 1.54) is 11.2 Å². The number of carbonyl (C=O) groups is 2. The molecule has 1 aliphatic heterocycles. The Balaban J connectivity index is 1.85. The highest BCUT2D eigenvalue weighted by atomic mass is 35.5. The van der Waals surface area contributed by atoms with Crippen LogP contribution in [-0.4, -0.2) is 21.7 Å². The van der Waals surface area contributed by atoms with Gasteiger partial charge in [0.25, 0.3) is 11.7 Å². The van der Waals surface area contributed by atoms with Crippen molar-refractivity contribution in [2.45, 2.75) is 25.9 Å². The monoisotopic (exact) mass is 421 g/mol. The van der Waals surface area contributed by atoms with Crippen LogP contribution in [0.1, 0.15) is 35.4 Å². The van der Waals surface area contributed by atoms with Crippen molar-refractivity contribution in [1.82, 2.24) is 4.90 Å². The molecule has 6 heteroatoms. The number of benzene rings is 2. The molecule has 1 N–H and O–H groups in total. The molecule has 0 bridgehead atoms. The van der Waals surface area contributed by atoms with E-state index in [1.807, 2.05) is 24.3 Å². The van der Waals surface area contributed by atoms with Gasteiger partial charge in [-0.15, -0.1) is 0 Å². The van der Waals surface area contributed by atoms with Crippen LogP contribution < -0.4 is 0 Å². The van der Waals surface area contributed by atoms with Gasteiger partial charge >= 0.3 is 0 Å². The van der Waals surface area contributed by atoms with Crippen LogP contribution in [0.2, 0.25) is 5.02 Å². The summed E-state index contributed by atoms with van der Waals surface area (Å²) in [6.07, 6.45) is 2.39. The van der Waals surface area contributed by atoms with E-state index in [4.69, 9.17) is 16.0 Å². The molecule has 1 aliphatic rings. The lowest BCUT2D eigenvalue weighted by Crippen LogP contribution is -2.29. The van der Waals surface area contributed by atoms with Gasteiger partial charge in [0.15, 0.2) is 0 Å². The van der Waals surface area contributed by atoms with Gasteiger partial charge in [-0.25, -0.2) is 0 Å². The lowest BCUT2D eigenvalue weighted by Gasteiger charge is -2.24. The minimum atomic E-state index is -0.725. The Morgan fingerprint density at radius 3 is 2.37 bits per heavy atom. The predicted octanol–water partition coefficient (Wildman–Crippen LogP) is 5.12. The second-order valence-electron chi connectivity index (χ2n) is 7.11. The van der Waals surface area contributed by atoms with Gasteiger partial charge in [0.2, 0.25) is 0 Å². The minimum Gasteiger partial charge on any atom is -0.507 e. The maximum Gasteiger partial charge on any atom is 0.296 e. The number of halogens is 1. The SMILES string of the molecule is CCc1ccc(C2C(=C(O)c3ccc(Cl)cc3)C(=O)C(=O)N2Cc2ccco2)cc1. The predicted molar refractivity (Wildman–Crippen MR) is 114 cm³/mol. The molecule has 1 unspecified atom stereocenters. The number of hydrogen-bond donors (Lipinski definition) is 1. The van der Waals surface area contributed by atoms with Crippen molar-refractivity contribution in [3.8, 4) is 0 Å². The van der Waals surface area contributed by atoms with Gasteiger partial charge in [-0.2, -0.15) is 0 Å². The Bertz CT molecular complexity index is 1100. The molecule has 2 aromatic carbocycles. The quantitative estimate of drug-likeness (QED) is 0.352. The Hall–Kier alpha value is -3.31. The van der Waals surface area contributed by atoms with Crippen molar-refractivity contribution in [3.63, 3.8) is 0 Å². The number of nitrogens with zero attached hydrogens (tertiary/aromatic N) is 1. The summed E-state index contributed by atoms with van der Waals surface area (Å²) in [5, 5.41) is 11.5.